The van der Waals surface area contributed by atoms with Crippen molar-refractivity contribution in [2.75, 3.05) is 0 Å². The van der Waals surface area contributed by atoms with Crippen molar-refractivity contribution in [2.45, 2.75) is 6.42 Å². The van der Waals surface area contributed by atoms with Crippen LogP contribution in [-0.2, 0) is 6.42 Å². The molecule has 0 saturated carbocycles. The van der Waals surface area contributed by atoms with Crippen molar-refractivity contribution in [1.29, 1.82) is 0 Å². The van der Waals surface area contributed by atoms with E-state index in [0.29, 0.717) is 5.75 Å². The molecule has 1 radical (unpaired) electrons. The third-order valence-corrected chi connectivity index (χ3v) is 3.11. The Morgan fingerprint density at radius 1 is 0.944 bits per heavy atom. The van der Waals surface area contributed by atoms with Gasteiger partial charge in [-0.15, -0.1) is 0 Å². The lowest BCUT2D eigenvalue weighted by atomic mass is 10.1. The first-order valence-electron chi connectivity index (χ1n) is 6.00. The smallest absolute Gasteiger partial charge is 0.124 e. The minimum Gasteiger partial charge on any atom is -0.507 e. The highest BCUT2D eigenvalue weighted by atomic mass is 16.3. The molecule has 2 aromatic carbocycles. The molecule has 0 saturated heterocycles. The fraction of sp³-hybridized carbons (Fsp3) is 0.0625. The lowest BCUT2D eigenvalue weighted by Gasteiger charge is -2.05. The average molecular weight is 236 g/mol. The predicted octanol–water partition coefficient (Wildman–Crippen LogP) is 3.60. The van der Waals surface area contributed by atoms with Gasteiger partial charge in [0.1, 0.15) is 5.75 Å². The Morgan fingerprint density at radius 3 is 2.61 bits per heavy atom. The number of aromatic nitrogens is 1. The van der Waals surface area contributed by atoms with Crippen molar-refractivity contribution in [3.05, 3.63) is 72.9 Å². The van der Waals surface area contributed by atoms with Crippen molar-refractivity contribution in [2.24, 2.45) is 0 Å². The van der Waals surface area contributed by atoms with E-state index in [1.807, 2.05) is 42.6 Å². The van der Waals surface area contributed by atoms with Crippen molar-refractivity contribution in [3.8, 4) is 5.75 Å². The Balaban J connectivity index is 1.85. The lowest BCUT2D eigenvalue weighted by molar-refractivity contribution is 0.481. The van der Waals surface area contributed by atoms with Crippen LogP contribution in [0.15, 0.2) is 60.8 Å². The molecule has 0 aliphatic heterocycles. The van der Waals surface area contributed by atoms with Crippen LogP contribution in [0.1, 0.15) is 5.56 Å². The predicted molar refractivity (Wildman–Crippen MR) is 73.4 cm³/mol. The highest BCUT2D eigenvalue weighted by Gasteiger charge is 2.04. The fourth-order valence-corrected chi connectivity index (χ4v) is 2.15. The second-order valence-electron chi connectivity index (χ2n) is 4.31. The summed E-state index contributed by atoms with van der Waals surface area (Å²) in [5.41, 5.74) is 2.31. The van der Waals surface area contributed by atoms with Crippen LogP contribution in [-0.4, -0.2) is 9.67 Å². The molecule has 0 aliphatic rings. The molecule has 1 aromatic heterocycles. The molecule has 3 aromatic rings. The number of benzene rings is 2. The minimum absolute atomic E-state index is 0.333. The van der Waals surface area contributed by atoms with Crippen LogP contribution in [0.5, 0.6) is 5.75 Å². The first-order chi connectivity index (χ1) is 8.84. The van der Waals surface area contributed by atoms with E-state index >= 15 is 0 Å². The summed E-state index contributed by atoms with van der Waals surface area (Å²) in [7, 11) is 0. The molecule has 1 heterocycles. The number of phenolic OH excluding ortho intramolecular Hbond substituents is 1. The van der Waals surface area contributed by atoms with Gasteiger partial charge in [0, 0.05) is 11.6 Å². The summed E-state index contributed by atoms with van der Waals surface area (Å²) >= 11 is 0. The van der Waals surface area contributed by atoms with Gasteiger partial charge in [-0.05, 0) is 30.2 Å². The number of hydrogen-bond acceptors (Lipinski definition) is 1. The number of hydrogen-bond donors (Lipinski definition) is 1. The van der Waals surface area contributed by atoms with E-state index in [0.717, 1.165) is 17.3 Å². The van der Waals surface area contributed by atoms with Crippen LogP contribution in [0.2, 0.25) is 0 Å². The third-order valence-electron chi connectivity index (χ3n) is 3.11. The summed E-state index contributed by atoms with van der Waals surface area (Å²) in [6, 6.07) is 17.9. The SMILES string of the molecule is Oc1cccc2c1ccn2[CH]Cc1ccccc1. The first-order valence-corrected chi connectivity index (χ1v) is 6.00. The summed E-state index contributed by atoms with van der Waals surface area (Å²) in [6.07, 6.45) is 2.85. The van der Waals surface area contributed by atoms with Crippen molar-refractivity contribution >= 4 is 10.9 Å². The van der Waals surface area contributed by atoms with Crippen LogP contribution in [0, 0.1) is 6.54 Å². The Kier molecular flexibility index (Phi) is 2.77. The molecule has 3 rings (SSSR count). The van der Waals surface area contributed by atoms with E-state index in [9.17, 15) is 5.11 Å². The highest BCUT2D eigenvalue weighted by Crippen LogP contribution is 2.25. The van der Waals surface area contributed by atoms with E-state index in [4.69, 9.17) is 0 Å². The maximum atomic E-state index is 9.74. The molecule has 0 aliphatic carbocycles. The summed E-state index contributed by atoms with van der Waals surface area (Å²) in [5.74, 6) is 0.333. The van der Waals surface area contributed by atoms with Gasteiger partial charge >= 0.3 is 0 Å². The van der Waals surface area contributed by atoms with Gasteiger partial charge in [0.2, 0.25) is 0 Å². The standard InChI is InChI=1S/C16H14NO/c18-16-8-4-7-15-14(16)10-12-17(15)11-9-13-5-2-1-3-6-13/h1-8,10-12,18H,9H2. The van der Waals surface area contributed by atoms with E-state index in [-0.39, 0.29) is 0 Å². The monoisotopic (exact) mass is 236 g/mol. The minimum atomic E-state index is 0.333. The van der Waals surface area contributed by atoms with Crippen LogP contribution in [0.25, 0.3) is 10.9 Å². The maximum absolute atomic E-state index is 9.74. The van der Waals surface area contributed by atoms with Gasteiger partial charge in [0.15, 0.2) is 0 Å². The molecule has 0 fully saturated rings. The quantitative estimate of drug-likeness (QED) is 0.738. The lowest BCUT2D eigenvalue weighted by Crippen LogP contribution is -1.96. The second kappa shape index (κ2) is 4.57. The largest absolute Gasteiger partial charge is 0.507 e. The van der Waals surface area contributed by atoms with Crippen LogP contribution < -0.4 is 0 Å². The molecule has 0 bridgehead atoms. The molecule has 18 heavy (non-hydrogen) atoms. The summed E-state index contributed by atoms with van der Waals surface area (Å²) < 4.78 is 2.06. The fourth-order valence-electron chi connectivity index (χ4n) is 2.15. The summed E-state index contributed by atoms with van der Waals surface area (Å²) in [5, 5.41) is 10.6. The van der Waals surface area contributed by atoms with E-state index < -0.39 is 0 Å². The van der Waals surface area contributed by atoms with Crippen molar-refractivity contribution in [3.63, 3.8) is 0 Å². The van der Waals surface area contributed by atoms with Crippen LogP contribution >= 0.6 is 0 Å². The molecule has 0 atom stereocenters. The van der Waals surface area contributed by atoms with Crippen LogP contribution in [0.3, 0.4) is 0 Å². The number of nitrogens with zero attached hydrogens (tertiary/aromatic N) is 1. The number of rotatable bonds is 3. The van der Waals surface area contributed by atoms with E-state index in [1.165, 1.54) is 5.56 Å². The molecular weight excluding hydrogens is 222 g/mol. The number of fused-ring (bicyclic) bond motifs is 1. The van der Waals surface area contributed by atoms with Gasteiger partial charge in [-0.25, -0.2) is 0 Å². The molecule has 0 spiro atoms. The average Bonchev–Trinajstić information content (AvgIpc) is 2.82. The van der Waals surface area contributed by atoms with Gasteiger partial charge in [0.05, 0.1) is 12.1 Å². The number of phenols is 1. The van der Waals surface area contributed by atoms with Crippen molar-refractivity contribution < 1.29 is 5.11 Å². The molecule has 2 nitrogen and oxygen atoms in total. The zero-order valence-corrected chi connectivity index (χ0v) is 9.95. The van der Waals surface area contributed by atoms with Gasteiger partial charge in [-0.3, -0.25) is 0 Å². The van der Waals surface area contributed by atoms with Crippen molar-refractivity contribution in [1.82, 2.24) is 4.57 Å². The second-order valence-corrected chi connectivity index (χ2v) is 4.31. The normalized spacial score (nSPS) is 10.9. The van der Waals surface area contributed by atoms with E-state index in [2.05, 4.69) is 23.2 Å². The van der Waals surface area contributed by atoms with Crippen LogP contribution in [0.4, 0.5) is 0 Å². The van der Waals surface area contributed by atoms with Gasteiger partial charge in [0.25, 0.3) is 0 Å². The summed E-state index contributed by atoms with van der Waals surface area (Å²) in [4.78, 5) is 0. The van der Waals surface area contributed by atoms with Gasteiger partial charge in [-0.1, -0.05) is 36.4 Å². The maximum Gasteiger partial charge on any atom is 0.124 e. The zero-order valence-electron chi connectivity index (χ0n) is 9.95. The Morgan fingerprint density at radius 2 is 1.78 bits per heavy atom. The first kappa shape index (κ1) is 10.9. The Labute approximate surface area is 106 Å². The zero-order chi connectivity index (χ0) is 12.4. The molecule has 2 heteroatoms. The van der Waals surface area contributed by atoms with E-state index in [1.54, 1.807) is 6.07 Å². The van der Waals surface area contributed by atoms with Gasteiger partial charge < -0.3 is 9.67 Å². The Hall–Kier alpha value is -2.22. The molecule has 89 valence electrons. The molecule has 0 unspecified atom stereocenters. The Bertz CT molecular complexity index is 655. The third kappa shape index (κ3) is 1.97. The molecular formula is C16H14NO. The highest BCUT2D eigenvalue weighted by molar-refractivity contribution is 5.86. The molecule has 1 N–H and O–H groups in total. The summed E-state index contributed by atoms with van der Waals surface area (Å²) in [6.45, 7) is 2.12. The van der Waals surface area contributed by atoms with Gasteiger partial charge in [-0.2, -0.15) is 0 Å². The molecule has 0 amide bonds. The topological polar surface area (TPSA) is 25.2 Å². The number of aromatic hydroxyl groups is 1.